The van der Waals surface area contributed by atoms with E-state index < -0.39 is 0 Å². The minimum absolute atomic E-state index is 0.0101. The van der Waals surface area contributed by atoms with E-state index in [2.05, 4.69) is 5.32 Å². The van der Waals surface area contributed by atoms with E-state index in [9.17, 15) is 9.59 Å². The number of carbonyl (C=O) groups excluding carboxylic acids is 2. The normalized spacial score (nSPS) is 10.4. The van der Waals surface area contributed by atoms with Gasteiger partial charge in [-0.3, -0.25) is 9.59 Å². The second-order valence-electron chi connectivity index (χ2n) is 5.46. The number of benzene rings is 3. The Balaban J connectivity index is 1.92. The van der Waals surface area contributed by atoms with Crippen LogP contribution in [0.15, 0.2) is 60.7 Å². The van der Waals surface area contributed by atoms with Crippen molar-refractivity contribution in [3.8, 4) is 5.75 Å². The molecule has 24 heavy (non-hydrogen) atoms. The number of hydrogen-bond acceptors (Lipinski definition) is 3. The molecule has 4 heteroatoms. The van der Waals surface area contributed by atoms with Crippen LogP contribution < -0.4 is 10.1 Å². The van der Waals surface area contributed by atoms with E-state index in [1.165, 1.54) is 6.92 Å². The summed E-state index contributed by atoms with van der Waals surface area (Å²) >= 11 is 0. The van der Waals surface area contributed by atoms with E-state index in [0.29, 0.717) is 22.6 Å². The number of methoxy groups -OCH3 is 1. The van der Waals surface area contributed by atoms with Crippen LogP contribution in [0.25, 0.3) is 10.8 Å². The van der Waals surface area contributed by atoms with Gasteiger partial charge in [-0.15, -0.1) is 0 Å². The number of nitrogens with one attached hydrogen (secondary N) is 1. The van der Waals surface area contributed by atoms with Crippen molar-refractivity contribution in [3.05, 3.63) is 71.8 Å². The summed E-state index contributed by atoms with van der Waals surface area (Å²) in [4.78, 5) is 23.9. The largest absolute Gasteiger partial charge is 0.495 e. The van der Waals surface area contributed by atoms with Gasteiger partial charge in [0.2, 0.25) is 0 Å². The predicted octanol–water partition coefficient (Wildman–Crippen LogP) is 4.30. The van der Waals surface area contributed by atoms with Gasteiger partial charge in [-0.2, -0.15) is 0 Å². The van der Waals surface area contributed by atoms with Crippen molar-refractivity contribution < 1.29 is 14.3 Å². The second-order valence-corrected chi connectivity index (χ2v) is 5.46. The molecule has 0 radical (unpaired) electrons. The molecule has 0 aliphatic rings. The molecule has 0 atom stereocenters. The monoisotopic (exact) mass is 319 g/mol. The highest BCUT2D eigenvalue weighted by molar-refractivity contribution is 6.10. The van der Waals surface area contributed by atoms with Gasteiger partial charge in [0.15, 0.2) is 5.78 Å². The molecule has 4 nitrogen and oxygen atoms in total. The zero-order valence-electron chi connectivity index (χ0n) is 13.5. The van der Waals surface area contributed by atoms with Crippen LogP contribution in [0, 0.1) is 0 Å². The Kier molecular flexibility index (Phi) is 4.29. The molecule has 0 bridgehead atoms. The van der Waals surface area contributed by atoms with Crippen LogP contribution in [0.3, 0.4) is 0 Å². The van der Waals surface area contributed by atoms with Crippen molar-refractivity contribution in [2.45, 2.75) is 6.92 Å². The summed E-state index contributed by atoms with van der Waals surface area (Å²) < 4.78 is 5.46. The molecule has 0 heterocycles. The maximum absolute atomic E-state index is 12.6. The van der Waals surface area contributed by atoms with Crippen LogP contribution in [-0.4, -0.2) is 18.8 Å². The average molecular weight is 319 g/mol. The number of amides is 1. The Morgan fingerprint density at radius 3 is 2.29 bits per heavy atom. The number of fused-ring (bicyclic) bond motifs is 1. The highest BCUT2D eigenvalue weighted by atomic mass is 16.5. The Bertz CT molecular complexity index is 914. The lowest BCUT2D eigenvalue weighted by Crippen LogP contribution is -2.13. The molecule has 0 aliphatic heterocycles. The van der Waals surface area contributed by atoms with Gasteiger partial charge < -0.3 is 10.1 Å². The molecule has 1 amide bonds. The number of anilines is 1. The van der Waals surface area contributed by atoms with Crippen molar-refractivity contribution >= 4 is 28.2 Å². The quantitative estimate of drug-likeness (QED) is 0.729. The van der Waals surface area contributed by atoms with E-state index in [-0.39, 0.29) is 11.7 Å². The molecule has 0 saturated carbocycles. The summed E-state index contributed by atoms with van der Waals surface area (Å²) in [5.41, 5.74) is 1.70. The first-order valence-electron chi connectivity index (χ1n) is 7.58. The Labute approximate surface area is 140 Å². The van der Waals surface area contributed by atoms with Crippen molar-refractivity contribution in [2.24, 2.45) is 0 Å². The molecule has 0 saturated heterocycles. The molecular weight excluding hydrogens is 302 g/mol. The van der Waals surface area contributed by atoms with Gasteiger partial charge >= 0.3 is 0 Å². The zero-order chi connectivity index (χ0) is 17.1. The number of carbonyl (C=O) groups is 2. The SMILES string of the molecule is COc1c(C(=O)Nc2ccc(C(C)=O)cc2)ccc2ccccc12. The lowest BCUT2D eigenvalue weighted by Gasteiger charge is -2.12. The summed E-state index contributed by atoms with van der Waals surface area (Å²) in [6, 6.07) is 18.2. The molecule has 0 fully saturated rings. The van der Waals surface area contributed by atoms with Gasteiger partial charge in [-0.05, 0) is 42.6 Å². The summed E-state index contributed by atoms with van der Waals surface area (Å²) in [6.45, 7) is 1.51. The number of hydrogen-bond donors (Lipinski definition) is 1. The summed E-state index contributed by atoms with van der Waals surface area (Å²) in [5.74, 6) is 0.281. The van der Waals surface area contributed by atoms with Crippen molar-refractivity contribution in [1.29, 1.82) is 0 Å². The van der Waals surface area contributed by atoms with E-state index >= 15 is 0 Å². The fourth-order valence-electron chi connectivity index (χ4n) is 2.63. The predicted molar refractivity (Wildman–Crippen MR) is 94.9 cm³/mol. The highest BCUT2D eigenvalue weighted by Gasteiger charge is 2.15. The van der Waals surface area contributed by atoms with Crippen LogP contribution in [0.5, 0.6) is 5.75 Å². The van der Waals surface area contributed by atoms with Gasteiger partial charge in [-0.1, -0.05) is 30.3 Å². The van der Waals surface area contributed by atoms with E-state index in [1.54, 1.807) is 37.4 Å². The molecule has 1 N–H and O–H groups in total. The number of Topliss-reactive ketones (excluding diaryl/α,β-unsaturated/α-hetero) is 1. The lowest BCUT2D eigenvalue weighted by molar-refractivity contribution is 0.101. The number of rotatable bonds is 4. The molecule has 3 aromatic rings. The Morgan fingerprint density at radius 1 is 0.917 bits per heavy atom. The van der Waals surface area contributed by atoms with Crippen LogP contribution in [0.1, 0.15) is 27.6 Å². The van der Waals surface area contributed by atoms with Gasteiger partial charge in [0, 0.05) is 16.6 Å². The third-order valence-electron chi connectivity index (χ3n) is 3.88. The maximum atomic E-state index is 12.6. The standard InChI is InChI=1S/C20H17NO3/c1-13(22)14-7-10-16(11-8-14)21-20(23)18-12-9-15-5-3-4-6-17(15)19(18)24-2/h3-12H,1-2H3,(H,21,23). The fourth-order valence-corrected chi connectivity index (χ4v) is 2.63. The first kappa shape index (κ1) is 15.7. The maximum Gasteiger partial charge on any atom is 0.259 e. The number of ether oxygens (including phenoxy) is 1. The van der Waals surface area contributed by atoms with Crippen LogP contribution in [-0.2, 0) is 0 Å². The minimum atomic E-state index is -0.256. The molecule has 3 aromatic carbocycles. The third kappa shape index (κ3) is 2.99. The van der Waals surface area contributed by atoms with Crippen LogP contribution in [0.4, 0.5) is 5.69 Å². The fraction of sp³-hybridized carbons (Fsp3) is 0.100. The van der Waals surface area contributed by atoms with Gasteiger partial charge in [0.1, 0.15) is 5.75 Å². The Hall–Kier alpha value is -3.14. The molecule has 0 spiro atoms. The highest BCUT2D eigenvalue weighted by Crippen LogP contribution is 2.30. The van der Waals surface area contributed by atoms with Gasteiger partial charge in [0.25, 0.3) is 5.91 Å². The van der Waals surface area contributed by atoms with Crippen molar-refractivity contribution in [3.63, 3.8) is 0 Å². The molecule has 0 aliphatic carbocycles. The second kappa shape index (κ2) is 6.54. The summed E-state index contributed by atoms with van der Waals surface area (Å²) in [7, 11) is 1.56. The molecule has 120 valence electrons. The van der Waals surface area contributed by atoms with Crippen molar-refractivity contribution in [1.82, 2.24) is 0 Å². The molecular formula is C20H17NO3. The van der Waals surface area contributed by atoms with E-state index in [1.807, 2.05) is 30.3 Å². The van der Waals surface area contributed by atoms with Crippen LogP contribution in [0.2, 0.25) is 0 Å². The van der Waals surface area contributed by atoms with Crippen molar-refractivity contribution in [2.75, 3.05) is 12.4 Å². The molecule has 3 rings (SSSR count). The zero-order valence-corrected chi connectivity index (χ0v) is 13.5. The first-order valence-corrected chi connectivity index (χ1v) is 7.58. The lowest BCUT2D eigenvalue weighted by atomic mass is 10.0. The summed E-state index contributed by atoms with van der Waals surface area (Å²) in [5, 5.41) is 4.73. The average Bonchev–Trinajstić information content (AvgIpc) is 2.61. The van der Waals surface area contributed by atoms with Crippen LogP contribution >= 0.6 is 0 Å². The van der Waals surface area contributed by atoms with E-state index in [4.69, 9.17) is 4.74 Å². The topological polar surface area (TPSA) is 55.4 Å². The third-order valence-corrected chi connectivity index (χ3v) is 3.88. The first-order chi connectivity index (χ1) is 11.6. The molecule has 0 aromatic heterocycles. The van der Waals surface area contributed by atoms with Gasteiger partial charge in [0.05, 0.1) is 12.7 Å². The van der Waals surface area contributed by atoms with Gasteiger partial charge in [-0.25, -0.2) is 0 Å². The number of ketones is 1. The summed E-state index contributed by atoms with van der Waals surface area (Å²) in [6.07, 6.45) is 0. The Morgan fingerprint density at radius 2 is 1.62 bits per heavy atom. The molecule has 0 unspecified atom stereocenters. The smallest absolute Gasteiger partial charge is 0.259 e. The van der Waals surface area contributed by atoms with E-state index in [0.717, 1.165) is 10.8 Å². The minimum Gasteiger partial charge on any atom is -0.495 e.